The van der Waals surface area contributed by atoms with E-state index < -0.39 is 6.10 Å². The Balaban J connectivity index is 2.32. The van der Waals surface area contributed by atoms with Crippen LogP contribution < -0.4 is 5.32 Å². The van der Waals surface area contributed by atoms with Crippen LogP contribution in [-0.2, 0) is 9.59 Å². The van der Waals surface area contributed by atoms with E-state index in [0.717, 1.165) is 12.8 Å². The van der Waals surface area contributed by atoms with Crippen molar-refractivity contribution < 1.29 is 14.7 Å². The van der Waals surface area contributed by atoms with Gasteiger partial charge in [0.15, 0.2) is 0 Å². The summed E-state index contributed by atoms with van der Waals surface area (Å²) < 4.78 is 0. The van der Waals surface area contributed by atoms with Crippen LogP contribution in [0.5, 0.6) is 0 Å². The van der Waals surface area contributed by atoms with Crippen LogP contribution in [0.3, 0.4) is 0 Å². The molecular formula is C9H16N2O3. The summed E-state index contributed by atoms with van der Waals surface area (Å²) in [5.41, 5.74) is 0. The monoisotopic (exact) mass is 200 g/mol. The second-order valence-electron chi connectivity index (χ2n) is 3.55. The average molecular weight is 200 g/mol. The fraction of sp³-hybridized carbons (Fsp3) is 0.778. The van der Waals surface area contributed by atoms with E-state index in [4.69, 9.17) is 0 Å². The second kappa shape index (κ2) is 4.95. The molecule has 0 aromatic carbocycles. The van der Waals surface area contributed by atoms with Gasteiger partial charge in [0, 0.05) is 20.0 Å². The van der Waals surface area contributed by atoms with Crippen LogP contribution in [0.15, 0.2) is 0 Å². The predicted molar refractivity (Wildman–Crippen MR) is 50.5 cm³/mol. The van der Waals surface area contributed by atoms with Crippen LogP contribution in [0, 0.1) is 0 Å². The highest BCUT2D eigenvalue weighted by Crippen LogP contribution is 2.09. The Labute approximate surface area is 83.1 Å². The molecule has 1 aliphatic rings. The Kier molecular flexibility index (Phi) is 3.88. The zero-order valence-corrected chi connectivity index (χ0v) is 8.32. The van der Waals surface area contributed by atoms with Gasteiger partial charge in [-0.2, -0.15) is 0 Å². The van der Waals surface area contributed by atoms with Gasteiger partial charge in [-0.15, -0.1) is 0 Å². The molecule has 80 valence electrons. The van der Waals surface area contributed by atoms with Crippen molar-refractivity contribution in [3.8, 4) is 0 Å². The predicted octanol–water partition coefficient (Wildman–Crippen LogP) is -0.894. The maximum absolute atomic E-state index is 11.4. The summed E-state index contributed by atoms with van der Waals surface area (Å²) in [5, 5.41) is 11.8. The molecule has 1 atom stereocenters. The number of β-amino-alcohol motifs (C(OH)–C–C–N with tert-alkyl or cyclic N) is 1. The standard InChI is InChI=1S/C9H16N2O3/c1-7(12)10-5-9(14)11-4-2-3-8(13)6-11/h8,13H,2-6H2,1H3,(H,10,12). The molecule has 1 saturated heterocycles. The van der Waals surface area contributed by atoms with Crippen molar-refractivity contribution in [1.29, 1.82) is 0 Å². The summed E-state index contributed by atoms with van der Waals surface area (Å²) in [7, 11) is 0. The first kappa shape index (κ1) is 11.0. The van der Waals surface area contributed by atoms with E-state index in [0.29, 0.717) is 13.1 Å². The zero-order valence-electron chi connectivity index (χ0n) is 8.32. The van der Waals surface area contributed by atoms with Gasteiger partial charge in [-0.1, -0.05) is 0 Å². The number of amides is 2. The van der Waals surface area contributed by atoms with Gasteiger partial charge in [0.25, 0.3) is 0 Å². The SMILES string of the molecule is CC(=O)NCC(=O)N1CCCC(O)C1. The number of rotatable bonds is 2. The first-order chi connectivity index (χ1) is 6.59. The van der Waals surface area contributed by atoms with Crippen molar-refractivity contribution in [1.82, 2.24) is 10.2 Å². The van der Waals surface area contributed by atoms with E-state index in [2.05, 4.69) is 5.32 Å². The number of hydrogen-bond acceptors (Lipinski definition) is 3. The van der Waals surface area contributed by atoms with E-state index in [1.54, 1.807) is 4.90 Å². The molecule has 0 spiro atoms. The van der Waals surface area contributed by atoms with Crippen LogP contribution in [-0.4, -0.2) is 47.6 Å². The van der Waals surface area contributed by atoms with Crippen LogP contribution in [0.1, 0.15) is 19.8 Å². The molecule has 14 heavy (non-hydrogen) atoms. The van der Waals surface area contributed by atoms with Crippen molar-refractivity contribution in [2.75, 3.05) is 19.6 Å². The molecule has 5 nitrogen and oxygen atoms in total. The third-order valence-electron chi connectivity index (χ3n) is 2.24. The van der Waals surface area contributed by atoms with E-state index in [-0.39, 0.29) is 18.4 Å². The van der Waals surface area contributed by atoms with Gasteiger partial charge in [-0.3, -0.25) is 9.59 Å². The highest BCUT2D eigenvalue weighted by molar-refractivity contribution is 5.83. The van der Waals surface area contributed by atoms with Gasteiger partial charge >= 0.3 is 0 Å². The number of piperidine rings is 1. The number of aliphatic hydroxyl groups is 1. The van der Waals surface area contributed by atoms with Crippen LogP contribution >= 0.6 is 0 Å². The number of nitrogens with zero attached hydrogens (tertiary/aromatic N) is 1. The van der Waals surface area contributed by atoms with Gasteiger partial charge in [0.1, 0.15) is 0 Å². The Morgan fingerprint density at radius 3 is 2.86 bits per heavy atom. The fourth-order valence-electron chi connectivity index (χ4n) is 1.49. The van der Waals surface area contributed by atoms with E-state index in [9.17, 15) is 14.7 Å². The topological polar surface area (TPSA) is 69.6 Å². The third-order valence-corrected chi connectivity index (χ3v) is 2.24. The lowest BCUT2D eigenvalue weighted by atomic mass is 10.1. The summed E-state index contributed by atoms with van der Waals surface area (Å²) >= 11 is 0. The minimum Gasteiger partial charge on any atom is -0.391 e. The molecule has 0 bridgehead atoms. The lowest BCUT2D eigenvalue weighted by molar-refractivity contribution is -0.135. The minimum absolute atomic E-state index is 0.0298. The fourth-order valence-corrected chi connectivity index (χ4v) is 1.49. The molecule has 5 heteroatoms. The van der Waals surface area contributed by atoms with Crippen molar-refractivity contribution in [3.05, 3.63) is 0 Å². The minimum atomic E-state index is -0.412. The molecule has 1 rings (SSSR count). The highest BCUT2D eigenvalue weighted by atomic mass is 16.3. The molecule has 0 saturated carbocycles. The van der Waals surface area contributed by atoms with Gasteiger partial charge < -0.3 is 15.3 Å². The maximum Gasteiger partial charge on any atom is 0.242 e. The number of hydrogen-bond donors (Lipinski definition) is 2. The van der Waals surface area contributed by atoms with Gasteiger partial charge in [0.2, 0.25) is 11.8 Å². The number of carbonyl (C=O) groups excluding carboxylic acids is 2. The van der Waals surface area contributed by atoms with Crippen LogP contribution in [0.2, 0.25) is 0 Å². The molecule has 1 fully saturated rings. The average Bonchev–Trinajstić information content (AvgIpc) is 2.14. The Morgan fingerprint density at radius 1 is 1.57 bits per heavy atom. The van der Waals surface area contributed by atoms with E-state index in [1.807, 2.05) is 0 Å². The number of nitrogens with one attached hydrogen (secondary N) is 1. The normalized spacial score (nSPS) is 21.9. The first-order valence-corrected chi connectivity index (χ1v) is 4.80. The smallest absolute Gasteiger partial charge is 0.242 e. The van der Waals surface area contributed by atoms with Crippen molar-refractivity contribution >= 4 is 11.8 Å². The van der Waals surface area contributed by atoms with Crippen molar-refractivity contribution in [2.24, 2.45) is 0 Å². The second-order valence-corrected chi connectivity index (χ2v) is 3.55. The zero-order chi connectivity index (χ0) is 10.6. The summed E-state index contributed by atoms with van der Waals surface area (Å²) in [5.74, 6) is -0.338. The van der Waals surface area contributed by atoms with E-state index in [1.165, 1.54) is 6.92 Å². The largest absolute Gasteiger partial charge is 0.391 e. The molecule has 0 aliphatic carbocycles. The van der Waals surface area contributed by atoms with Gasteiger partial charge in [-0.05, 0) is 12.8 Å². The highest BCUT2D eigenvalue weighted by Gasteiger charge is 2.21. The Bertz CT molecular complexity index is 230. The molecule has 1 heterocycles. The summed E-state index contributed by atoms with van der Waals surface area (Å²) in [4.78, 5) is 23.6. The molecule has 0 radical (unpaired) electrons. The first-order valence-electron chi connectivity index (χ1n) is 4.80. The number of aliphatic hydroxyl groups excluding tert-OH is 1. The summed E-state index contributed by atoms with van der Waals surface area (Å²) in [6, 6.07) is 0. The molecule has 1 aliphatic heterocycles. The third kappa shape index (κ3) is 3.33. The number of likely N-dealkylation sites (tertiary alicyclic amines) is 1. The molecule has 0 aromatic heterocycles. The molecule has 2 N–H and O–H groups in total. The van der Waals surface area contributed by atoms with E-state index >= 15 is 0 Å². The molecule has 0 aromatic rings. The Hall–Kier alpha value is -1.10. The van der Waals surface area contributed by atoms with Crippen LogP contribution in [0.4, 0.5) is 0 Å². The number of carbonyl (C=O) groups is 2. The lowest BCUT2D eigenvalue weighted by Crippen LogP contribution is -2.46. The maximum atomic E-state index is 11.4. The quantitative estimate of drug-likeness (QED) is 0.607. The summed E-state index contributed by atoms with van der Waals surface area (Å²) in [6.07, 6.45) is 1.17. The summed E-state index contributed by atoms with van der Waals surface area (Å²) in [6.45, 7) is 2.47. The van der Waals surface area contributed by atoms with Gasteiger partial charge in [0.05, 0.1) is 12.6 Å². The molecule has 2 amide bonds. The van der Waals surface area contributed by atoms with Crippen LogP contribution in [0.25, 0.3) is 0 Å². The van der Waals surface area contributed by atoms with Crippen molar-refractivity contribution in [3.63, 3.8) is 0 Å². The lowest BCUT2D eigenvalue weighted by Gasteiger charge is -2.30. The van der Waals surface area contributed by atoms with Crippen molar-refractivity contribution in [2.45, 2.75) is 25.9 Å². The molecule has 1 unspecified atom stereocenters. The Morgan fingerprint density at radius 2 is 2.29 bits per heavy atom. The van der Waals surface area contributed by atoms with Gasteiger partial charge in [-0.25, -0.2) is 0 Å². The molecular weight excluding hydrogens is 184 g/mol.